The van der Waals surface area contributed by atoms with E-state index >= 15 is 0 Å². The second kappa shape index (κ2) is 6.46. The number of nitrogens with one attached hydrogen (secondary N) is 1. The molecule has 0 aromatic carbocycles. The molecule has 1 aliphatic rings. The summed E-state index contributed by atoms with van der Waals surface area (Å²) in [6.07, 6.45) is -4.65. The van der Waals surface area contributed by atoms with Crippen LogP contribution in [0.2, 0.25) is 0 Å². The number of hydrogen-bond donors (Lipinski definition) is 6. The van der Waals surface area contributed by atoms with Crippen LogP contribution >= 0.6 is 0 Å². The number of hydrogen-bond acceptors (Lipinski definition) is 7. The molecule has 1 aliphatic heterocycles. The number of carboxylic acid groups (broad SMARTS) is 1. The Kier molecular flexibility index (Phi) is 5.42. The Morgan fingerprint density at radius 2 is 2.10 bits per heavy atom. The van der Waals surface area contributed by atoms with Crippen LogP contribution in [-0.4, -0.2) is 74.2 Å². The van der Waals surface area contributed by atoms with E-state index in [9.17, 15) is 24.9 Å². The summed E-state index contributed by atoms with van der Waals surface area (Å²) in [6.45, 7) is 0.596. The van der Waals surface area contributed by atoms with E-state index in [1.54, 1.807) is 0 Å². The Morgan fingerprint density at radius 1 is 1.50 bits per heavy atom. The van der Waals surface area contributed by atoms with Crippen LogP contribution in [0.4, 0.5) is 0 Å². The van der Waals surface area contributed by atoms with E-state index < -0.39 is 55.0 Å². The minimum absolute atomic E-state index is 0.256. The lowest BCUT2D eigenvalue weighted by Crippen LogP contribution is -2.63. The van der Waals surface area contributed by atoms with Crippen LogP contribution in [0.25, 0.3) is 0 Å². The van der Waals surface area contributed by atoms with Gasteiger partial charge in [0, 0.05) is 19.8 Å². The lowest BCUT2D eigenvalue weighted by atomic mass is 9.90. The molecule has 0 radical (unpaired) electrons. The van der Waals surface area contributed by atoms with Crippen molar-refractivity contribution in [3.05, 3.63) is 0 Å². The minimum atomic E-state index is -2.60. The van der Waals surface area contributed by atoms with Crippen molar-refractivity contribution in [3.63, 3.8) is 0 Å². The number of amides is 1. The number of rotatable bonds is 5. The highest BCUT2D eigenvalue weighted by Gasteiger charge is 2.51. The maximum Gasteiger partial charge on any atom is 0.364 e. The molecule has 6 N–H and O–H groups in total. The van der Waals surface area contributed by atoms with Crippen molar-refractivity contribution in [1.82, 2.24) is 5.32 Å². The van der Waals surface area contributed by atoms with E-state index in [1.165, 1.54) is 6.92 Å². The monoisotopic (exact) mass is 293 g/mol. The third-order valence-corrected chi connectivity index (χ3v) is 3.07. The molecule has 1 saturated heterocycles. The molecule has 9 heteroatoms. The van der Waals surface area contributed by atoms with Gasteiger partial charge in [0.2, 0.25) is 5.91 Å². The van der Waals surface area contributed by atoms with Crippen molar-refractivity contribution in [1.29, 1.82) is 0 Å². The number of aliphatic hydroxyl groups is 4. The molecule has 1 fully saturated rings. The highest BCUT2D eigenvalue weighted by molar-refractivity contribution is 5.76. The zero-order valence-corrected chi connectivity index (χ0v) is 10.9. The van der Waals surface area contributed by atoms with Crippen LogP contribution in [0.1, 0.15) is 19.8 Å². The van der Waals surface area contributed by atoms with Gasteiger partial charge in [-0.1, -0.05) is 0 Å². The fourth-order valence-electron chi connectivity index (χ4n) is 2.13. The first kappa shape index (κ1) is 16.8. The van der Waals surface area contributed by atoms with Gasteiger partial charge in [0.15, 0.2) is 0 Å². The van der Waals surface area contributed by atoms with Gasteiger partial charge in [-0.15, -0.1) is 0 Å². The number of aliphatic hydroxyl groups excluding tert-OH is 3. The molecule has 0 aromatic heterocycles. The number of carbonyl (C=O) groups excluding carboxylic acids is 1. The lowest BCUT2D eigenvalue weighted by molar-refractivity contribution is -0.280. The van der Waals surface area contributed by atoms with Crippen LogP contribution in [0.15, 0.2) is 0 Å². The summed E-state index contributed by atoms with van der Waals surface area (Å²) in [5.74, 6) is -4.77. The van der Waals surface area contributed by atoms with Gasteiger partial charge in [-0.25, -0.2) is 4.79 Å². The van der Waals surface area contributed by atoms with E-state index in [4.69, 9.17) is 14.9 Å². The second-order valence-corrected chi connectivity index (χ2v) is 4.82. The van der Waals surface area contributed by atoms with Gasteiger partial charge in [0.25, 0.3) is 5.79 Å². The topological polar surface area (TPSA) is 157 Å². The fourth-order valence-corrected chi connectivity index (χ4v) is 2.13. The highest BCUT2D eigenvalue weighted by Crippen LogP contribution is 2.30. The molecule has 0 aromatic rings. The molecule has 1 amide bonds. The minimum Gasteiger partial charge on any atom is -0.477 e. The summed E-state index contributed by atoms with van der Waals surface area (Å²) in [7, 11) is 0. The number of ether oxygens (including phenoxy) is 1. The van der Waals surface area contributed by atoms with Crippen LogP contribution in [0.3, 0.4) is 0 Å². The van der Waals surface area contributed by atoms with Crippen LogP contribution < -0.4 is 5.32 Å². The van der Waals surface area contributed by atoms with E-state index in [0.29, 0.717) is 0 Å². The lowest BCUT2D eigenvalue weighted by Gasteiger charge is -2.42. The van der Waals surface area contributed by atoms with Crippen molar-refractivity contribution in [2.75, 3.05) is 6.61 Å². The van der Waals surface area contributed by atoms with Crippen molar-refractivity contribution in [2.24, 2.45) is 0 Å². The number of carbonyl (C=O) groups is 2. The van der Waals surface area contributed by atoms with Crippen molar-refractivity contribution >= 4 is 11.9 Å². The molecule has 0 unspecified atom stereocenters. The summed E-state index contributed by atoms with van der Waals surface area (Å²) in [4.78, 5) is 22.1. The van der Waals surface area contributed by atoms with Gasteiger partial charge in [-0.2, -0.15) is 0 Å². The Labute approximate surface area is 114 Å². The summed E-state index contributed by atoms with van der Waals surface area (Å²) in [6, 6.07) is -0.992. The summed E-state index contributed by atoms with van der Waals surface area (Å²) >= 11 is 0. The van der Waals surface area contributed by atoms with Crippen molar-refractivity contribution in [3.8, 4) is 0 Å². The zero-order valence-electron chi connectivity index (χ0n) is 10.9. The Morgan fingerprint density at radius 3 is 2.55 bits per heavy atom. The molecule has 0 saturated carbocycles. The van der Waals surface area contributed by atoms with Crippen LogP contribution in [0.5, 0.6) is 0 Å². The van der Waals surface area contributed by atoms with Crippen molar-refractivity contribution < 1.29 is 39.9 Å². The van der Waals surface area contributed by atoms with Gasteiger partial charge < -0.3 is 35.6 Å². The Hall–Kier alpha value is -1.26. The SMILES string of the molecule is CC(=O)N[C@H]1[C@H](C[C@H](O)CO)O[C@@](O)(C(=O)O)C[C@@H]1O. The molecular weight excluding hydrogens is 274 g/mol. The summed E-state index contributed by atoms with van der Waals surface area (Å²) < 4.78 is 5.00. The third-order valence-electron chi connectivity index (χ3n) is 3.07. The van der Waals surface area contributed by atoms with E-state index in [2.05, 4.69) is 5.32 Å². The highest BCUT2D eigenvalue weighted by atomic mass is 16.7. The summed E-state index contributed by atoms with van der Waals surface area (Å²) in [5.41, 5.74) is 0. The zero-order chi connectivity index (χ0) is 15.5. The number of aliphatic carboxylic acids is 1. The van der Waals surface area contributed by atoms with Gasteiger partial charge in [0.1, 0.15) is 0 Å². The predicted molar refractivity (Wildman–Crippen MR) is 63.4 cm³/mol. The molecule has 20 heavy (non-hydrogen) atoms. The van der Waals surface area contributed by atoms with Crippen LogP contribution in [-0.2, 0) is 14.3 Å². The molecule has 1 heterocycles. The van der Waals surface area contributed by atoms with Crippen molar-refractivity contribution in [2.45, 2.75) is 49.9 Å². The van der Waals surface area contributed by atoms with E-state index in [-0.39, 0.29) is 6.42 Å². The molecular formula is C11H19NO8. The standard InChI is InChI=1S/C11H19NO8/c1-5(14)12-9-7(16)3-11(19,10(17)18)20-8(9)2-6(15)4-13/h6-9,13,15-16,19H,2-4H2,1H3,(H,12,14)(H,17,18)/t6-,7-,8-,9+,11+/m0/s1. The Balaban J connectivity index is 2.93. The average molecular weight is 293 g/mol. The smallest absolute Gasteiger partial charge is 0.364 e. The first-order valence-electron chi connectivity index (χ1n) is 6.07. The quantitative estimate of drug-likeness (QED) is 0.316. The van der Waals surface area contributed by atoms with Gasteiger partial charge in [-0.05, 0) is 0 Å². The predicted octanol–water partition coefficient (Wildman–Crippen LogP) is -2.84. The maximum absolute atomic E-state index is 11.1. The molecule has 0 spiro atoms. The fraction of sp³-hybridized carbons (Fsp3) is 0.818. The molecule has 9 nitrogen and oxygen atoms in total. The molecule has 5 atom stereocenters. The number of carboxylic acids is 1. The Bertz CT molecular complexity index is 375. The second-order valence-electron chi connectivity index (χ2n) is 4.82. The average Bonchev–Trinajstić information content (AvgIpc) is 2.33. The van der Waals surface area contributed by atoms with E-state index in [0.717, 1.165) is 0 Å². The first-order valence-corrected chi connectivity index (χ1v) is 6.07. The largest absolute Gasteiger partial charge is 0.477 e. The van der Waals surface area contributed by atoms with E-state index in [1.807, 2.05) is 0 Å². The molecule has 0 bridgehead atoms. The van der Waals surface area contributed by atoms with Gasteiger partial charge in [0.05, 0.1) is 31.0 Å². The van der Waals surface area contributed by atoms with Gasteiger partial charge >= 0.3 is 5.97 Å². The van der Waals surface area contributed by atoms with Crippen LogP contribution in [0, 0.1) is 0 Å². The molecule has 116 valence electrons. The summed E-state index contributed by atoms with van der Waals surface area (Å²) in [5, 5.41) is 49.2. The van der Waals surface area contributed by atoms with Gasteiger partial charge in [-0.3, -0.25) is 4.79 Å². The molecule has 1 rings (SSSR count). The first-order chi connectivity index (χ1) is 9.19. The molecule has 0 aliphatic carbocycles. The normalized spacial score (nSPS) is 35.4. The third kappa shape index (κ3) is 3.87. The maximum atomic E-state index is 11.1.